The van der Waals surface area contributed by atoms with E-state index in [4.69, 9.17) is 0 Å². The van der Waals surface area contributed by atoms with Gasteiger partial charge in [-0.3, -0.25) is 0 Å². The quantitative estimate of drug-likeness (QED) is 0.651. The summed E-state index contributed by atoms with van der Waals surface area (Å²) in [7, 11) is 0. The zero-order valence-electron chi connectivity index (χ0n) is 10.0. The van der Waals surface area contributed by atoms with Crippen molar-refractivity contribution in [1.82, 2.24) is 0 Å². The van der Waals surface area contributed by atoms with Gasteiger partial charge in [-0.2, -0.15) is 0 Å². The molecule has 0 bridgehead atoms. The molecule has 0 spiro atoms. The van der Waals surface area contributed by atoms with Crippen LogP contribution in [0.15, 0.2) is 72.8 Å². The molecule has 0 aliphatic carbocycles. The van der Waals surface area contributed by atoms with Gasteiger partial charge in [0.05, 0.1) is 0 Å². The molecule has 0 saturated carbocycles. The Labute approximate surface area is 103 Å². The van der Waals surface area contributed by atoms with Crippen LogP contribution in [0.2, 0.25) is 0 Å². The van der Waals surface area contributed by atoms with Gasteiger partial charge in [0.25, 0.3) is 0 Å². The van der Waals surface area contributed by atoms with Gasteiger partial charge in [0.1, 0.15) is 0 Å². The smallest absolute Gasteiger partial charge is 0.0227 e. The molecule has 0 nitrogen and oxygen atoms in total. The van der Waals surface area contributed by atoms with Crippen molar-refractivity contribution in [3.05, 3.63) is 83.9 Å². The standard InChI is InChI=1S/C17H16/c1-15(17-13-6-3-7-14-17)9-8-12-16-10-4-2-5-11-16/h2-14H,1H3/b12-8+,15-9+. The second kappa shape index (κ2) is 5.86. The van der Waals surface area contributed by atoms with Crippen LogP contribution in [-0.2, 0) is 0 Å². The first-order valence-electron chi connectivity index (χ1n) is 5.82. The molecule has 0 saturated heterocycles. The summed E-state index contributed by atoms with van der Waals surface area (Å²) in [5, 5.41) is 0. The molecule has 0 fully saturated rings. The minimum atomic E-state index is 1.23. The number of allylic oxidation sites excluding steroid dienone is 3. The highest BCUT2D eigenvalue weighted by Gasteiger charge is 1.90. The summed E-state index contributed by atoms with van der Waals surface area (Å²) >= 11 is 0. The van der Waals surface area contributed by atoms with Crippen molar-refractivity contribution in [1.29, 1.82) is 0 Å². The van der Waals surface area contributed by atoms with Gasteiger partial charge < -0.3 is 0 Å². The summed E-state index contributed by atoms with van der Waals surface area (Å²) in [6, 6.07) is 20.7. The zero-order valence-corrected chi connectivity index (χ0v) is 10.0. The van der Waals surface area contributed by atoms with Crippen LogP contribution in [-0.4, -0.2) is 0 Å². The Kier molecular flexibility index (Phi) is 3.93. The van der Waals surface area contributed by atoms with Gasteiger partial charge >= 0.3 is 0 Å². The molecule has 0 unspecified atom stereocenters. The van der Waals surface area contributed by atoms with Crippen LogP contribution < -0.4 is 0 Å². The topological polar surface area (TPSA) is 0 Å². The average Bonchev–Trinajstić information content (AvgIpc) is 2.41. The first-order chi connectivity index (χ1) is 8.36. The van der Waals surface area contributed by atoms with Crippen molar-refractivity contribution >= 4 is 11.6 Å². The summed E-state index contributed by atoms with van der Waals surface area (Å²) < 4.78 is 0. The molecule has 0 amide bonds. The second-order valence-electron chi connectivity index (χ2n) is 3.99. The molecule has 2 rings (SSSR count). The monoisotopic (exact) mass is 220 g/mol. The lowest BCUT2D eigenvalue weighted by Gasteiger charge is -1.98. The van der Waals surface area contributed by atoms with E-state index in [2.05, 4.69) is 61.5 Å². The fraction of sp³-hybridized carbons (Fsp3) is 0.0588. The van der Waals surface area contributed by atoms with Crippen LogP contribution in [0, 0.1) is 0 Å². The maximum absolute atomic E-state index is 2.14. The largest absolute Gasteiger partial charge is 0.0622 e. The highest BCUT2D eigenvalue weighted by atomic mass is 14.0. The molecule has 0 radical (unpaired) electrons. The molecule has 2 aromatic carbocycles. The molecular weight excluding hydrogens is 204 g/mol. The lowest BCUT2D eigenvalue weighted by atomic mass is 10.1. The predicted molar refractivity (Wildman–Crippen MR) is 75.6 cm³/mol. The molecule has 0 aromatic heterocycles. The van der Waals surface area contributed by atoms with Crippen molar-refractivity contribution in [3.63, 3.8) is 0 Å². The van der Waals surface area contributed by atoms with Gasteiger partial charge in [0, 0.05) is 0 Å². The van der Waals surface area contributed by atoms with E-state index < -0.39 is 0 Å². The van der Waals surface area contributed by atoms with Gasteiger partial charge in [0.15, 0.2) is 0 Å². The lowest BCUT2D eigenvalue weighted by molar-refractivity contribution is 1.57. The third-order valence-corrected chi connectivity index (χ3v) is 2.66. The van der Waals surface area contributed by atoms with Crippen molar-refractivity contribution in [3.8, 4) is 0 Å². The number of hydrogen-bond donors (Lipinski definition) is 0. The van der Waals surface area contributed by atoms with Crippen molar-refractivity contribution in [2.45, 2.75) is 6.92 Å². The molecular formula is C17H16. The Morgan fingerprint density at radius 2 is 1.41 bits per heavy atom. The summed E-state index contributed by atoms with van der Waals surface area (Å²) in [4.78, 5) is 0. The van der Waals surface area contributed by atoms with Crippen LogP contribution in [0.1, 0.15) is 18.1 Å². The van der Waals surface area contributed by atoms with E-state index in [0.29, 0.717) is 0 Å². The van der Waals surface area contributed by atoms with E-state index in [1.54, 1.807) is 0 Å². The zero-order chi connectivity index (χ0) is 11.9. The van der Waals surface area contributed by atoms with E-state index in [9.17, 15) is 0 Å². The van der Waals surface area contributed by atoms with Crippen molar-refractivity contribution in [2.75, 3.05) is 0 Å². The summed E-state index contributed by atoms with van der Waals surface area (Å²) in [5.41, 5.74) is 3.77. The third kappa shape index (κ3) is 3.46. The molecule has 17 heavy (non-hydrogen) atoms. The minimum absolute atomic E-state index is 1.23. The Morgan fingerprint density at radius 3 is 2.06 bits per heavy atom. The molecule has 0 aliphatic rings. The highest BCUT2D eigenvalue weighted by molar-refractivity contribution is 5.67. The Hall–Kier alpha value is -2.08. The SMILES string of the molecule is C/C(=C\C=C\c1ccccc1)c1ccccc1. The average molecular weight is 220 g/mol. The second-order valence-corrected chi connectivity index (χ2v) is 3.99. The lowest BCUT2D eigenvalue weighted by Crippen LogP contribution is -1.76. The van der Waals surface area contributed by atoms with E-state index >= 15 is 0 Å². The molecule has 0 N–H and O–H groups in total. The van der Waals surface area contributed by atoms with Gasteiger partial charge in [0.2, 0.25) is 0 Å². The molecule has 0 atom stereocenters. The van der Waals surface area contributed by atoms with Gasteiger partial charge in [-0.15, -0.1) is 0 Å². The van der Waals surface area contributed by atoms with Gasteiger partial charge in [-0.1, -0.05) is 78.9 Å². The van der Waals surface area contributed by atoms with E-state index in [1.165, 1.54) is 16.7 Å². The minimum Gasteiger partial charge on any atom is -0.0622 e. The van der Waals surface area contributed by atoms with E-state index in [1.807, 2.05) is 24.3 Å². The summed E-state index contributed by atoms with van der Waals surface area (Å²) in [6.07, 6.45) is 6.35. The number of rotatable bonds is 3. The Morgan fingerprint density at radius 1 is 0.824 bits per heavy atom. The van der Waals surface area contributed by atoms with Gasteiger partial charge in [-0.25, -0.2) is 0 Å². The maximum atomic E-state index is 2.14. The third-order valence-electron chi connectivity index (χ3n) is 2.66. The summed E-state index contributed by atoms with van der Waals surface area (Å²) in [6.45, 7) is 2.13. The normalized spacial score (nSPS) is 11.9. The maximum Gasteiger partial charge on any atom is -0.0227 e. The number of benzene rings is 2. The highest BCUT2D eigenvalue weighted by Crippen LogP contribution is 2.13. The molecule has 0 heteroatoms. The molecule has 84 valence electrons. The molecule has 0 heterocycles. The Balaban J connectivity index is 2.09. The van der Waals surface area contributed by atoms with Crippen molar-refractivity contribution < 1.29 is 0 Å². The van der Waals surface area contributed by atoms with Crippen LogP contribution in [0.25, 0.3) is 11.6 Å². The molecule has 0 aliphatic heterocycles. The van der Waals surface area contributed by atoms with Crippen molar-refractivity contribution in [2.24, 2.45) is 0 Å². The first-order valence-corrected chi connectivity index (χ1v) is 5.82. The number of hydrogen-bond acceptors (Lipinski definition) is 0. The van der Waals surface area contributed by atoms with Crippen LogP contribution in [0.4, 0.5) is 0 Å². The van der Waals surface area contributed by atoms with E-state index in [-0.39, 0.29) is 0 Å². The predicted octanol–water partition coefficient (Wildman–Crippen LogP) is 4.80. The van der Waals surface area contributed by atoms with E-state index in [0.717, 1.165) is 0 Å². The van der Waals surface area contributed by atoms with Crippen LogP contribution >= 0.6 is 0 Å². The van der Waals surface area contributed by atoms with Gasteiger partial charge in [-0.05, 0) is 23.6 Å². The first kappa shape index (κ1) is 11.4. The van der Waals surface area contributed by atoms with Crippen LogP contribution in [0.5, 0.6) is 0 Å². The van der Waals surface area contributed by atoms with Crippen LogP contribution in [0.3, 0.4) is 0 Å². The fourth-order valence-electron chi connectivity index (χ4n) is 1.66. The Bertz CT molecular complexity index is 504. The molecule has 2 aromatic rings. The fourth-order valence-corrected chi connectivity index (χ4v) is 1.66. The summed E-state index contributed by atoms with van der Waals surface area (Å²) in [5.74, 6) is 0.